The van der Waals surface area contributed by atoms with Crippen LogP contribution in [0.3, 0.4) is 0 Å². The Kier molecular flexibility index (Phi) is 4.97. The van der Waals surface area contributed by atoms with E-state index in [2.05, 4.69) is 30.3 Å². The minimum absolute atomic E-state index is 0.0678. The van der Waals surface area contributed by atoms with Crippen molar-refractivity contribution in [3.05, 3.63) is 46.4 Å². The molecular formula is C19H23ClN4O. The van der Waals surface area contributed by atoms with Gasteiger partial charge in [-0.1, -0.05) is 30.2 Å². The first kappa shape index (κ1) is 17.7. The maximum Gasteiger partial charge on any atom is 0.221 e. The van der Waals surface area contributed by atoms with Crippen LogP contribution in [0, 0.1) is 6.92 Å². The van der Waals surface area contributed by atoms with Gasteiger partial charge in [0.1, 0.15) is 0 Å². The number of rotatable bonds is 5. The molecule has 5 nitrogen and oxygen atoms in total. The number of allylic oxidation sites excluding steroid dienone is 4. The third kappa shape index (κ3) is 2.98. The van der Waals surface area contributed by atoms with E-state index in [1.54, 1.807) is 6.20 Å². The lowest BCUT2D eigenvalue weighted by Gasteiger charge is -2.12. The van der Waals surface area contributed by atoms with Crippen LogP contribution in [0.15, 0.2) is 35.0 Å². The quantitative estimate of drug-likeness (QED) is 0.721. The van der Waals surface area contributed by atoms with E-state index in [4.69, 9.17) is 16.6 Å². The Bertz CT molecular complexity index is 990. The third-order valence-electron chi connectivity index (χ3n) is 4.33. The monoisotopic (exact) mass is 358 g/mol. The van der Waals surface area contributed by atoms with Crippen LogP contribution < -0.4 is 0 Å². The zero-order valence-electron chi connectivity index (χ0n) is 15.0. The molecule has 0 atom stereocenters. The number of hydrogen-bond acceptors (Lipinski definition) is 3. The lowest BCUT2D eigenvalue weighted by molar-refractivity contribution is 0.275. The van der Waals surface area contributed by atoms with Crippen molar-refractivity contribution in [3.8, 4) is 0 Å². The normalized spacial score (nSPS) is 12.3. The number of pyridine rings is 1. The molecule has 0 radical (unpaired) electrons. The summed E-state index contributed by atoms with van der Waals surface area (Å²) in [5.74, 6) is 0.757. The van der Waals surface area contributed by atoms with Gasteiger partial charge in [0.05, 0.1) is 23.5 Å². The number of hydrogen-bond donors (Lipinski definition) is 1. The Labute approximate surface area is 152 Å². The van der Waals surface area contributed by atoms with E-state index in [-0.39, 0.29) is 6.61 Å². The molecule has 1 N–H and O–H groups in total. The van der Waals surface area contributed by atoms with Crippen LogP contribution in [0.1, 0.15) is 45.0 Å². The molecule has 6 heteroatoms. The van der Waals surface area contributed by atoms with Crippen LogP contribution in [0.4, 0.5) is 0 Å². The van der Waals surface area contributed by atoms with E-state index < -0.39 is 0 Å². The average molecular weight is 359 g/mol. The van der Waals surface area contributed by atoms with Crippen molar-refractivity contribution in [1.82, 2.24) is 18.9 Å². The SMILES string of the molecule is CC/C=C(/Cl)CC(=C(C)C)n1c2ncccc2n2c(CO)c(C)nc12. The Morgan fingerprint density at radius 3 is 2.76 bits per heavy atom. The van der Waals surface area contributed by atoms with Crippen LogP contribution in [-0.4, -0.2) is 24.0 Å². The molecule has 0 unspecified atom stereocenters. The van der Waals surface area contributed by atoms with Gasteiger partial charge in [0.25, 0.3) is 0 Å². The van der Waals surface area contributed by atoms with Crippen molar-refractivity contribution in [2.24, 2.45) is 0 Å². The van der Waals surface area contributed by atoms with Gasteiger partial charge in [-0.2, -0.15) is 0 Å². The Balaban J connectivity index is 2.37. The van der Waals surface area contributed by atoms with Crippen LogP contribution in [0.2, 0.25) is 0 Å². The van der Waals surface area contributed by atoms with E-state index in [1.807, 2.05) is 29.5 Å². The van der Waals surface area contributed by atoms with Crippen molar-refractivity contribution in [2.45, 2.75) is 47.1 Å². The molecule has 0 fully saturated rings. The lowest BCUT2D eigenvalue weighted by atomic mass is 10.1. The molecule has 25 heavy (non-hydrogen) atoms. The topological polar surface area (TPSA) is 55.4 Å². The Morgan fingerprint density at radius 2 is 2.12 bits per heavy atom. The molecular weight excluding hydrogens is 336 g/mol. The van der Waals surface area contributed by atoms with E-state index in [0.29, 0.717) is 6.42 Å². The first-order valence-corrected chi connectivity index (χ1v) is 8.82. The highest BCUT2D eigenvalue weighted by Gasteiger charge is 2.21. The summed E-state index contributed by atoms with van der Waals surface area (Å²) < 4.78 is 4.04. The van der Waals surface area contributed by atoms with Crippen molar-refractivity contribution >= 4 is 34.2 Å². The molecule has 3 heterocycles. The molecule has 0 spiro atoms. The summed E-state index contributed by atoms with van der Waals surface area (Å²) in [5, 5.41) is 10.6. The number of aliphatic hydroxyl groups excluding tert-OH is 1. The Morgan fingerprint density at radius 1 is 1.36 bits per heavy atom. The van der Waals surface area contributed by atoms with Gasteiger partial charge in [-0.05, 0) is 39.3 Å². The van der Waals surface area contributed by atoms with Crippen LogP contribution in [0.5, 0.6) is 0 Å². The minimum Gasteiger partial charge on any atom is -0.390 e. The number of aromatic nitrogens is 4. The maximum atomic E-state index is 9.80. The van der Waals surface area contributed by atoms with Gasteiger partial charge in [0, 0.05) is 23.3 Å². The fourth-order valence-electron chi connectivity index (χ4n) is 3.15. The van der Waals surface area contributed by atoms with Gasteiger partial charge < -0.3 is 5.11 Å². The van der Waals surface area contributed by atoms with Crippen LogP contribution in [-0.2, 0) is 6.61 Å². The van der Waals surface area contributed by atoms with Gasteiger partial charge in [-0.3, -0.25) is 8.97 Å². The van der Waals surface area contributed by atoms with Crippen molar-refractivity contribution in [2.75, 3.05) is 0 Å². The first-order valence-electron chi connectivity index (χ1n) is 8.45. The number of imidazole rings is 2. The van der Waals surface area contributed by atoms with E-state index in [9.17, 15) is 5.11 Å². The fourth-order valence-corrected chi connectivity index (χ4v) is 3.43. The lowest BCUT2D eigenvalue weighted by Crippen LogP contribution is -2.02. The molecule has 132 valence electrons. The summed E-state index contributed by atoms with van der Waals surface area (Å²) in [6.07, 6.45) is 5.31. The molecule has 3 rings (SSSR count). The fraction of sp³-hybridized carbons (Fsp3) is 0.368. The van der Waals surface area contributed by atoms with Crippen LogP contribution in [0.25, 0.3) is 22.6 Å². The second-order valence-electron chi connectivity index (χ2n) is 6.30. The predicted octanol–water partition coefficient (Wildman–Crippen LogP) is 4.66. The highest BCUT2D eigenvalue weighted by molar-refractivity contribution is 6.30. The molecule has 0 aliphatic carbocycles. The van der Waals surface area contributed by atoms with Gasteiger partial charge >= 0.3 is 0 Å². The van der Waals surface area contributed by atoms with E-state index in [1.165, 1.54) is 0 Å². The summed E-state index contributed by atoms with van der Waals surface area (Å²) in [6.45, 7) is 8.05. The van der Waals surface area contributed by atoms with Crippen molar-refractivity contribution < 1.29 is 5.11 Å². The van der Waals surface area contributed by atoms with Crippen molar-refractivity contribution in [3.63, 3.8) is 0 Å². The van der Waals surface area contributed by atoms with E-state index >= 15 is 0 Å². The molecule has 0 aromatic carbocycles. The number of fused-ring (bicyclic) bond motifs is 3. The Hall–Kier alpha value is -2.11. The molecule has 0 saturated heterocycles. The van der Waals surface area contributed by atoms with Crippen LogP contribution >= 0.6 is 11.6 Å². The standard InChI is InChI=1S/C19H23ClN4O/c1-5-7-14(20)10-16(12(2)3)24-18-15(8-6-9-21-18)23-17(11-25)13(4)22-19(23)24/h6-9,25H,5,10-11H2,1-4H3/b14-7+. The van der Waals surface area contributed by atoms with Crippen molar-refractivity contribution in [1.29, 1.82) is 0 Å². The second-order valence-corrected chi connectivity index (χ2v) is 6.79. The highest BCUT2D eigenvalue weighted by atomic mass is 35.5. The molecule has 0 bridgehead atoms. The number of halogens is 1. The largest absolute Gasteiger partial charge is 0.390 e. The molecule has 0 amide bonds. The first-order chi connectivity index (χ1) is 12.0. The number of aliphatic hydroxyl groups is 1. The zero-order chi connectivity index (χ0) is 18.1. The smallest absolute Gasteiger partial charge is 0.221 e. The molecule has 0 aliphatic rings. The maximum absolute atomic E-state index is 9.80. The second kappa shape index (κ2) is 7.02. The summed E-state index contributed by atoms with van der Waals surface area (Å²) in [5.41, 5.74) is 5.56. The molecule has 3 aromatic rings. The average Bonchev–Trinajstić information content (AvgIpc) is 3.05. The predicted molar refractivity (Wildman–Crippen MR) is 103 cm³/mol. The summed E-state index contributed by atoms with van der Waals surface area (Å²) in [6, 6.07) is 3.90. The van der Waals surface area contributed by atoms with E-state index in [0.717, 1.165) is 51.1 Å². The minimum atomic E-state index is -0.0678. The molecule has 3 aromatic heterocycles. The number of aryl methyl sites for hydroxylation is 1. The van der Waals surface area contributed by atoms with Gasteiger partial charge in [0.15, 0.2) is 5.65 Å². The third-order valence-corrected chi connectivity index (χ3v) is 4.62. The summed E-state index contributed by atoms with van der Waals surface area (Å²) >= 11 is 6.43. The van der Waals surface area contributed by atoms with Gasteiger partial charge in [0.2, 0.25) is 5.78 Å². The summed E-state index contributed by atoms with van der Waals surface area (Å²) in [7, 11) is 0. The highest BCUT2D eigenvalue weighted by Crippen LogP contribution is 2.31. The van der Waals surface area contributed by atoms with Gasteiger partial charge in [-0.15, -0.1) is 0 Å². The molecule has 0 aliphatic heterocycles. The zero-order valence-corrected chi connectivity index (χ0v) is 15.8. The molecule has 0 saturated carbocycles. The summed E-state index contributed by atoms with van der Waals surface area (Å²) in [4.78, 5) is 9.28. The van der Waals surface area contributed by atoms with Gasteiger partial charge in [-0.25, -0.2) is 9.97 Å². The number of nitrogens with zero attached hydrogens (tertiary/aromatic N) is 4.